The molecule has 2 aromatic heterocycles. The second kappa shape index (κ2) is 4.89. The molecule has 1 fully saturated rings. The van der Waals surface area contributed by atoms with Crippen molar-refractivity contribution in [2.75, 3.05) is 12.0 Å². The van der Waals surface area contributed by atoms with E-state index >= 15 is 0 Å². The number of hydrogen-bond acceptors (Lipinski definition) is 4. The Morgan fingerprint density at radius 1 is 1.47 bits per heavy atom. The van der Waals surface area contributed by atoms with E-state index in [1.165, 1.54) is 19.3 Å². The number of imidazole rings is 1. The first-order valence-corrected chi connectivity index (χ1v) is 7.72. The van der Waals surface area contributed by atoms with Crippen LogP contribution in [0.2, 0.25) is 0 Å². The molecule has 0 spiro atoms. The lowest BCUT2D eigenvalue weighted by Gasteiger charge is -2.41. The minimum absolute atomic E-state index is 0.397. The third-order valence-corrected chi connectivity index (χ3v) is 5.35. The molecule has 0 radical (unpaired) electrons. The molecule has 0 aliphatic heterocycles. The second-order valence-corrected chi connectivity index (χ2v) is 6.39. The maximum atomic E-state index is 5.76. The monoisotopic (exact) mass is 274 g/mol. The Balaban J connectivity index is 1.90. The molecule has 0 aromatic carbocycles. The highest BCUT2D eigenvalue weighted by Gasteiger charge is 2.36. The van der Waals surface area contributed by atoms with Gasteiger partial charge in [-0.05, 0) is 31.2 Å². The van der Waals surface area contributed by atoms with Gasteiger partial charge in [0.25, 0.3) is 0 Å². The Kier molecular flexibility index (Phi) is 3.22. The van der Waals surface area contributed by atoms with Crippen LogP contribution in [0.15, 0.2) is 30.9 Å². The molecule has 0 saturated heterocycles. The summed E-state index contributed by atoms with van der Waals surface area (Å²) in [6.07, 6.45) is 11.7. The van der Waals surface area contributed by atoms with Crippen LogP contribution in [-0.4, -0.2) is 25.5 Å². The van der Waals surface area contributed by atoms with Crippen molar-refractivity contribution in [1.29, 1.82) is 0 Å². The Bertz CT molecular complexity index is 569. The predicted molar refractivity (Wildman–Crippen MR) is 80.0 cm³/mol. The van der Waals surface area contributed by atoms with E-state index in [0.29, 0.717) is 10.6 Å². The lowest BCUT2D eigenvalue weighted by atomic mass is 9.84. The normalized spacial score (nSPS) is 17.1. The van der Waals surface area contributed by atoms with E-state index in [4.69, 9.17) is 5.73 Å². The predicted octanol–water partition coefficient (Wildman–Crippen LogP) is 2.81. The lowest BCUT2D eigenvalue weighted by Crippen LogP contribution is -2.37. The van der Waals surface area contributed by atoms with Crippen molar-refractivity contribution in [3.05, 3.63) is 30.9 Å². The Morgan fingerprint density at radius 3 is 2.95 bits per heavy atom. The minimum Gasteiger partial charge on any atom is -0.384 e. The molecule has 19 heavy (non-hydrogen) atoms. The zero-order chi connectivity index (χ0) is 13.3. The molecular formula is C14H18N4S. The van der Waals surface area contributed by atoms with Crippen molar-refractivity contribution in [1.82, 2.24) is 14.5 Å². The molecule has 2 heterocycles. The van der Waals surface area contributed by atoms with Gasteiger partial charge in [0.05, 0.1) is 18.2 Å². The lowest BCUT2D eigenvalue weighted by molar-refractivity contribution is 0.323. The van der Waals surface area contributed by atoms with Crippen LogP contribution in [0.3, 0.4) is 0 Å². The Labute approximate surface area is 117 Å². The topological polar surface area (TPSA) is 56.7 Å². The average molecular weight is 274 g/mol. The van der Waals surface area contributed by atoms with Crippen molar-refractivity contribution in [3.63, 3.8) is 0 Å². The average Bonchev–Trinajstić information content (AvgIpc) is 2.82. The molecule has 5 heteroatoms. The largest absolute Gasteiger partial charge is 0.384 e. The number of aromatic nitrogens is 3. The summed E-state index contributed by atoms with van der Waals surface area (Å²) in [4.78, 5) is 8.34. The number of hydrogen-bond donors (Lipinski definition) is 1. The molecule has 100 valence electrons. The highest BCUT2D eigenvalue weighted by molar-refractivity contribution is 8.00. The number of pyridine rings is 1. The Hall–Kier alpha value is -1.49. The first kappa shape index (κ1) is 12.5. The second-order valence-electron chi connectivity index (χ2n) is 5.12. The minimum atomic E-state index is 0.397. The standard InChI is InChI=1S/C14H18N4S/c1-19-14(4-2-5-14)9-18-10-16-8-12(18)11-3-6-17-13(15)7-11/h3,6-8,10H,2,4-5,9H2,1H3,(H2,15,17). The van der Waals surface area contributed by atoms with Crippen molar-refractivity contribution < 1.29 is 0 Å². The van der Waals surface area contributed by atoms with Gasteiger partial charge >= 0.3 is 0 Å². The summed E-state index contributed by atoms with van der Waals surface area (Å²) in [5.74, 6) is 0.550. The molecule has 0 unspecified atom stereocenters. The zero-order valence-corrected chi connectivity index (χ0v) is 11.9. The fourth-order valence-corrected chi connectivity index (χ4v) is 3.57. The van der Waals surface area contributed by atoms with Gasteiger partial charge in [-0.3, -0.25) is 0 Å². The summed E-state index contributed by atoms with van der Waals surface area (Å²) in [5, 5.41) is 0. The van der Waals surface area contributed by atoms with Gasteiger partial charge in [0, 0.05) is 23.1 Å². The van der Waals surface area contributed by atoms with E-state index in [1.807, 2.05) is 36.4 Å². The fraction of sp³-hybridized carbons (Fsp3) is 0.429. The summed E-state index contributed by atoms with van der Waals surface area (Å²) in [6, 6.07) is 3.89. The summed E-state index contributed by atoms with van der Waals surface area (Å²) < 4.78 is 2.64. The molecule has 3 rings (SSSR count). The summed E-state index contributed by atoms with van der Waals surface area (Å²) >= 11 is 1.98. The van der Waals surface area contributed by atoms with E-state index < -0.39 is 0 Å². The number of anilines is 1. The smallest absolute Gasteiger partial charge is 0.123 e. The van der Waals surface area contributed by atoms with Gasteiger partial charge in [-0.1, -0.05) is 6.42 Å². The van der Waals surface area contributed by atoms with Crippen LogP contribution >= 0.6 is 11.8 Å². The molecule has 0 bridgehead atoms. The quantitative estimate of drug-likeness (QED) is 0.931. The van der Waals surface area contributed by atoms with E-state index in [-0.39, 0.29) is 0 Å². The third kappa shape index (κ3) is 2.34. The molecule has 4 nitrogen and oxygen atoms in total. The molecule has 1 aliphatic rings. The van der Waals surface area contributed by atoms with E-state index in [1.54, 1.807) is 6.20 Å². The summed E-state index contributed by atoms with van der Waals surface area (Å²) in [6.45, 7) is 1.02. The van der Waals surface area contributed by atoms with Crippen LogP contribution in [0.5, 0.6) is 0 Å². The van der Waals surface area contributed by atoms with Crippen LogP contribution < -0.4 is 5.73 Å². The third-order valence-electron chi connectivity index (χ3n) is 3.95. The zero-order valence-electron chi connectivity index (χ0n) is 11.0. The number of thioether (sulfide) groups is 1. The molecular weight excluding hydrogens is 256 g/mol. The van der Waals surface area contributed by atoms with E-state index in [0.717, 1.165) is 17.8 Å². The number of nitrogens with two attached hydrogens (primary N) is 1. The maximum absolute atomic E-state index is 5.76. The number of nitrogen functional groups attached to an aromatic ring is 1. The molecule has 2 N–H and O–H groups in total. The van der Waals surface area contributed by atoms with Gasteiger partial charge in [-0.15, -0.1) is 0 Å². The van der Waals surface area contributed by atoms with Crippen LogP contribution in [0.1, 0.15) is 19.3 Å². The van der Waals surface area contributed by atoms with Crippen LogP contribution in [0, 0.1) is 0 Å². The van der Waals surface area contributed by atoms with E-state index in [2.05, 4.69) is 20.8 Å². The van der Waals surface area contributed by atoms with Crippen molar-refractivity contribution in [2.45, 2.75) is 30.6 Å². The van der Waals surface area contributed by atoms with Crippen LogP contribution in [0.25, 0.3) is 11.3 Å². The molecule has 1 saturated carbocycles. The number of nitrogens with zero attached hydrogens (tertiary/aromatic N) is 3. The van der Waals surface area contributed by atoms with Gasteiger partial charge in [-0.25, -0.2) is 9.97 Å². The Morgan fingerprint density at radius 2 is 2.32 bits per heavy atom. The molecule has 0 amide bonds. The van der Waals surface area contributed by atoms with Gasteiger partial charge < -0.3 is 10.3 Å². The van der Waals surface area contributed by atoms with Crippen LogP contribution in [-0.2, 0) is 6.54 Å². The SMILES string of the molecule is CSC1(Cn2cncc2-c2ccnc(N)c2)CCC1. The summed E-state index contributed by atoms with van der Waals surface area (Å²) in [5.41, 5.74) is 7.96. The van der Waals surface area contributed by atoms with Gasteiger partial charge in [0.15, 0.2) is 0 Å². The molecule has 1 aliphatic carbocycles. The molecule has 0 atom stereocenters. The first-order valence-electron chi connectivity index (χ1n) is 6.50. The fourth-order valence-electron chi connectivity index (χ4n) is 2.60. The first-order chi connectivity index (χ1) is 9.22. The van der Waals surface area contributed by atoms with Gasteiger partial charge in [0.1, 0.15) is 5.82 Å². The molecule has 2 aromatic rings. The highest BCUT2D eigenvalue weighted by atomic mass is 32.2. The van der Waals surface area contributed by atoms with E-state index in [9.17, 15) is 0 Å². The van der Waals surface area contributed by atoms with Crippen molar-refractivity contribution in [2.24, 2.45) is 0 Å². The van der Waals surface area contributed by atoms with Crippen molar-refractivity contribution >= 4 is 17.6 Å². The summed E-state index contributed by atoms with van der Waals surface area (Å²) in [7, 11) is 0. The van der Waals surface area contributed by atoms with Gasteiger partial charge in [-0.2, -0.15) is 11.8 Å². The highest BCUT2D eigenvalue weighted by Crippen LogP contribution is 2.44. The van der Waals surface area contributed by atoms with Crippen LogP contribution in [0.4, 0.5) is 5.82 Å². The van der Waals surface area contributed by atoms with Gasteiger partial charge in [0.2, 0.25) is 0 Å². The van der Waals surface area contributed by atoms with Crippen molar-refractivity contribution in [3.8, 4) is 11.3 Å². The maximum Gasteiger partial charge on any atom is 0.123 e. The number of rotatable bonds is 4.